The van der Waals surface area contributed by atoms with Crippen LogP contribution in [-0.4, -0.2) is 13.5 Å². The maximum absolute atomic E-state index is 11.7. The Hall–Kier alpha value is -2.77. The average molecular weight is 327 g/mol. The molecule has 7 heteroatoms. The van der Waals surface area contributed by atoms with Gasteiger partial charge in [0, 0.05) is 10.8 Å². The Labute approximate surface area is 133 Å². The van der Waals surface area contributed by atoms with E-state index in [-0.39, 0.29) is 10.6 Å². The van der Waals surface area contributed by atoms with E-state index in [1.807, 2.05) is 18.2 Å². The molecule has 0 fully saturated rings. The lowest BCUT2D eigenvalue weighted by Gasteiger charge is -2.08. The number of phenols is 1. The number of phenolic OH excluding ortho intramolecular Hbond substituents is 1. The first kappa shape index (κ1) is 15.1. The number of azo groups is 1. The number of rotatable bonds is 3. The van der Waals surface area contributed by atoms with Gasteiger partial charge in [-0.25, -0.2) is 13.6 Å². The van der Waals surface area contributed by atoms with Gasteiger partial charge in [-0.3, -0.25) is 0 Å². The van der Waals surface area contributed by atoms with Crippen molar-refractivity contribution in [3.63, 3.8) is 0 Å². The summed E-state index contributed by atoms with van der Waals surface area (Å²) in [4.78, 5) is -0.377. The highest BCUT2D eigenvalue weighted by atomic mass is 32.2. The molecule has 23 heavy (non-hydrogen) atoms. The second kappa shape index (κ2) is 5.79. The minimum absolute atomic E-state index is 0.311. The number of fused-ring (bicyclic) bond motifs is 1. The number of hydrogen-bond acceptors (Lipinski definition) is 5. The predicted molar refractivity (Wildman–Crippen MR) is 87.6 cm³/mol. The highest BCUT2D eigenvalue weighted by Gasteiger charge is 2.19. The molecule has 3 aromatic rings. The number of aromatic hydroxyl groups is 1. The molecule has 0 radical (unpaired) electrons. The molecule has 0 unspecified atom stereocenters. The largest absolute Gasteiger partial charge is 0.506 e. The number of sulfonamides is 1. The average Bonchev–Trinajstić information content (AvgIpc) is 2.54. The monoisotopic (exact) mass is 327 g/mol. The third kappa shape index (κ3) is 3.05. The lowest BCUT2D eigenvalue weighted by Crippen LogP contribution is -2.12. The standard InChI is InChI=1S/C16H13N3O3S/c17-23(21,22)15-10-14(19-18-11-6-2-1-3-7-11)12-8-4-5-9-13(12)16(15)20/h1-10,20H,(H2,17,21,22). The molecule has 0 aromatic heterocycles. The highest BCUT2D eigenvalue weighted by molar-refractivity contribution is 7.89. The third-order valence-corrected chi connectivity index (χ3v) is 4.22. The molecule has 0 heterocycles. The Morgan fingerprint density at radius 1 is 0.870 bits per heavy atom. The maximum atomic E-state index is 11.7. The molecule has 0 bridgehead atoms. The van der Waals surface area contributed by atoms with Crippen LogP contribution in [0.3, 0.4) is 0 Å². The van der Waals surface area contributed by atoms with Crippen molar-refractivity contribution in [2.75, 3.05) is 0 Å². The number of hydrogen-bond donors (Lipinski definition) is 2. The van der Waals surface area contributed by atoms with Gasteiger partial charge in [0.05, 0.1) is 11.4 Å². The van der Waals surface area contributed by atoms with E-state index in [4.69, 9.17) is 5.14 Å². The summed E-state index contributed by atoms with van der Waals surface area (Å²) in [6, 6.07) is 17.0. The van der Waals surface area contributed by atoms with Gasteiger partial charge in [-0.05, 0) is 18.2 Å². The van der Waals surface area contributed by atoms with E-state index in [9.17, 15) is 13.5 Å². The Morgan fingerprint density at radius 3 is 2.13 bits per heavy atom. The van der Waals surface area contributed by atoms with E-state index in [0.29, 0.717) is 22.1 Å². The summed E-state index contributed by atoms with van der Waals surface area (Å²) in [5, 5.41) is 24.5. The van der Waals surface area contributed by atoms with E-state index >= 15 is 0 Å². The second-order valence-corrected chi connectivity index (χ2v) is 6.40. The first-order valence-corrected chi connectivity index (χ1v) is 8.26. The normalized spacial score (nSPS) is 12.0. The first-order valence-electron chi connectivity index (χ1n) is 6.71. The fourth-order valence-electron chi connectivity index (χ4n) is 2.22. The summed E-state index contributed by atoms with van der Waals surface area (Å²) >= 11 is 0. The van der Waals surface area contributed by atoms with E-state index in [1.54, 1.807) is 36.4 Å². The molecular formula is C16H13N3O3S. The summed E-state index contributed by atoms with van der Waals surface area (Å²) in [7, 11) is -4.08. The smallest absolute Gasteiger partial charge is 0.241 e. The quantitative estimate of drug-likeness (QED) is 0.718. The van der Waals surface area contributed by atoms with E-state index in [2.05, 4.69) is 10.2 Å². The molecule has 0 saturated heterocycles. The zero-order valence-electron chi connectivity index (χ0n) is 11.9. The van der Waals surface area contributed by atoms with Gasteiger partial charge in [0.1, 0.15) is 10.6 Å². The maximum Gasteiger partial charge on any atom is 0.241 e. The van der Waals surface area contributed by atoms with Crippen LogP contribution in [0.2, 0.25) is 0 Å². The summed E-state index contributed by atoms with van der Waals surface area (Å²) < 4.78 is 23.3. The number of nitrogens with zero attached hydrogens (tertiary/aromatic N) is 2. The molecule has 0 spiro atoms. The Balaban J connectivity index is 2.24. The van der Waals surface area contributed by atoms with Gasteiger partial charge in [-0.2, -0.15) is 5.11 Å². The molecule has 116 valence electrons. The number of nitrogens with two attached hydrogens (primary N) is 1. The van der Waals surface area contributed by atoms with Gasteiger partial charge in [-0.15, -0.1) is 5.11 Å². The fraction of sp³-hybridized carbons (Fsp3) is 0. The molecule has 3 rings (SSSR count). The highest BCUT2D eigenvalue weighted by Crippen LogP contribution is 2.38. The summed E-state index contributed by atoms with van der Waals surface area (Å²) in [5.41, 5.74) is 0.938. The van der Waals surface area contributed by atoms with Crippen molar-refractivity contribution in [3.05, 3.63) is 60.7 Å². The van der Waals surface area contributed by atoms with Crippen LogP contribution in [0.5, 0.6) is 5.75 Å². The molecule has 0 aliphatic carbocycles. The van der Waals surface area contributed by atoms with E-state index in [1.165, 1.54) is 6.07 Å². The topological polar surface area (TPSA) is 105 Å². The zero-order chi connectivity index (χ0) is 16.4. The molecule has 0 atom stereocenters. The van der Waals surface area contributed by atoms with E-state index < -0.39 is 10.0 Å². The second-order valence-electron chi connectivity index (χ2n) is 4.87. The predicted octanol–water partition coefficient (Wildman–Crippen LogP) is 3.61. The van der Waals surface area contributed by atoms with Crippen LogP contribution in [0.15, 0.2) is 75.8 Å². The number of benzene rings is 3. The van der Waals surface area contributed by atoms with Crippen molar-refractivity contribution >= 4 is 32.2 Å². The van der Waals surface area contributed by atoms with Gasteiger partial charge in [-0.1, -0.05) is 42.5 Å². The van der Waals surface area contributed by atoms with Crippen molar-refractivity contribution in [1.82, 2.24) is 0 Å². The van der Waals surface area contributed by atoms with Crippen LogP contribution in [-0.2, 0) is 10.0 Å². The van der Waals surface area contributed by atoms with Crippen molar-refractivity contribution in [2.45, 2.75) is 4.90 Å². The zero-order valence-corrected chi connectivity index (χ0v) is 12.7. The Morgan fingerprint density at radius 2 is 1.48 bits per heavy atom. The third-order valence-electron chi connectivity index (χ3n) is 3.30. The van der Waals surface area contributed by atoms with Crippen molar-refractivity contribution in [2.24, 2.45) is 15.4 Å². The van der Waals surface area contributed by atoms with Crippen LogP contribution in [0, 0.1) is 0 Å². The van der Waals surface area contributed by atoms with Crippen molar-refractivity contribution in [3.8, 4) is 5.75 Å². The summed E-state index contributed by atoms with van der Waals surface area (Å²) in [5.74, 6) is -0.387. The van der Waals surface area contributed by atoms with Crippen LogP contribution < -0.4 is 5.14 Å². The Kier molecular flexibility index (Phi) is 3.81. The van der Waals surface area contributed by atoms with Gasteiger partial charge in [0.2, 0.25) is 10.0 Å². The molecule has 0 saturated carbocycles. The van der Waals surface area contributed by atoms with Crippen molar-refractivity contribution < 1.29 is 13.5 Å². The summed E-state index contributed by atoms with van der Waals surface area (Å²) in [6.07, 6.45) is 0. The Bertz CT molecular complexity index is 1000. The SMILES string of the molecule is NS(=O)(=O)c1cc(N=Nc2ccccc2)c2ccccc2c1O. The fourth-order valence-corrected chi connectivity index (χ4v) is 2.88. The molecule has 6 nitrogen and oxygen atoms in total. The molecule has 0 amide bonds. The van der Waals surface area contributed by atoms with Gasteiger partial charge in [0.25, 0.3) is 0 Å². The minimum Gasteiger partial charge on any atom is -0.506 e. The molecule has 3 aromatic carbocycles. The van der Waals surface area contributed by atoms with Crippen LogP contribution in [0.1, 0.15) is 0 Å². The summed E-state index contributed by atoms with van der Waals surface area (Å²) in [6.45, 7) is 0. The van der Waals surface area contributed by atoms with E-state index in [0.717, 1.165) is 0 Å². The van der Waals surface area contributed by atoms with Crippen LogP contribution >= 0.6 is 0 Å². The van der Waals surface area contributed by atoms with Gasteiger partial charge < -0.3 is 5.11 Å². The lowest BCUT2D eigenvalue weighted by molar-refractivity contribution is 0.465. The van der Waals surface area contributed by atoms with Gasteiger partial charge >= 0.3 is 0 Å². The van der Waals surface area contributed by atoms with Gasteiger partial charge in [0.15, 0.2) is 0 Å². The minimum atomic E-state index is -4.08. The van der Waals surface area contributed by atoms with Crippen LogP contribution in [0.4, 0.5) is 11.4 Å². The molecule has 0 aliphatic rings. The molecule has 0 aliphatic heterocycles. The molecular weight excluding hydrogens is 314 g/mol. The first-order chi connectivity index (χ1) is 11.0. The number of primary sulfonamides is 1. The van der Waals surface area contributed by atoms with Crippen LogP contribution in [0.25, 0.3) is 10.8 Å². The lowest BCUT2D eigenvalue weighted by atomic mass is 10.1. The van der Waals surface area contributed by atoms with Crippen molar-refractivity contribution in [1.29, 1.82) is 0 Å². The molecule has 3 N–H and O–H groups in total.